The van der Waals surface area contributed by atoms with Crippen molar-refractivity contribution in [2.45, 2.75) is 6.92 Å². The monoisotopic (exact) mass is 355 g/mol. The summed E-state index contributed by atoms with van der Waals surface area (Å²) in [5, 5.41) is 2.77. The predicted molar refractivity (Wildman–Crippen MR) is 97.6 cm³/mol. The van der Waals surface area contributed by atoms with Crippen molar-refractivity contribution in [2.75, 3.05) is 43.1 Å². The first-order valence-corrected chi connectivity index (χ1v) is 8.54. The zero-order chi connectivity index (χ0) is 18.4. The Kier molecular flexibility index (Phi) is 5.80. The van der Waals surface area contributed by atoms with Gasteiger partial charge in [0.05, 0.1) is 37.3 Å². The fourth-order valence-electron chi connectivity index (χ4n) is 2.63. The Morgan fingerprint density at radius 3 is 2.50 bits per heavy atom. The van der Waals surface area contributed by atoms with Gasteiger partial charge in [-0.3, -0.25) is 4.79 Å². The summed E-state index contributed by atoms with van der Waals surface area (Å²) < 4.78 is 10.3. The lowest BCUT2D eigenvalue weighted by molar-refractivity contribution is 0.0526. The Hall–Kier alpha value is -2.93. The van der Waals surface area contributed by atoms with Gasteiger partial charge in [-0.25, -0.2) is 9.78 Å². The summed E-state index contributed by atoms with van der Waals surface area (Å²) in [7, 11) is 0. The molecule has 2 heterocycles. The Labute approximate surface area is 151 Å². The van der Waals surface area contributed by atoms with E-state index in [0.717, 1.165) is 18.8 Å². The number of hydrogen-bond acceptors (Lipinski definition) is 6. The summed E-state index contributed by atoms with van der Waals surface area (Å²) in [6.45, 7) is 5.11. The van der Waals surface area contributed by atoms with Crippen molar-refractivity contribution >= 4 is 23.3 Å². The average Bonchev–Trinajstić information content (AvgIpc) is 2.69. The Balaban J connectivity index is 1.61. The van der Waals surface area contributed by atoms with Gasteiger partial charge in [0.15, 0.2) is 0 Å². The van der Waals surface area contributed by atoms with Gasteiger partial charge in [-0.15, -0.1) is 0 Å². The smallest absolute Gasteiger partial charge is 0.338 e. The zero-order valence-corrected chi connectivity index (χ0v) is 14.6. The minimum atomic E-state index is -0.384. The summed E-state index contributed by atoms with van der Waals surface area (Å²) in [6, 6.07) is 10.1. The van der Waals surface area contributed by atoms with Crippen LogP contribution in [0.1, 0.15) is 27.8 Å². The molecule has 1 fully saturated rings. The number of pyridine rings is 1. The molecular formula is C19H21N3O4. The maximum Gasteiger partial charge on any atom is 0.338 e. The molecule has 2 aromatic rings. The standard InChI is InChI=1S/C19H21N3O4/c1-2-26-19(24)14-3-5-15(6-4-14)21-18(23)17-8-7-16(13-20-17)22-9-11-25-12-10-22/h3-8,13H,2,9-12H2,1H3,(H,21,23). The van der Waals surface area contributed by atoms with Gasteiger partial charge in [0.2, 0.25) is 0 Å². The van der Waals surface area contributed by atoms with Crippen LogP contribution in [0.25, 0.3) is 0 Å². The normalized spacial score (nSPS) is 14.0. The number of aromatic nitrogens is 1. The number of hydrogen-bond donors (Lipinski definition) is 1. The fourth-order valence-corrected chi connectivity index (χ4v) is 2.63. The first-order chi connectivity index (χ1) is 12.7. The van der Waals surface area contributed by atoms with Crippen molar-refractivity contribution < 1.29 is 19.1 Å². The predicted octanol–water partition coefficient (Wildman–Crippen LogP) is 2.35. The number of rotatable bonds is 5. The van der Waals surface area contributed by atoms with Crippen LogP contribution in [0.15, 0.2) is 42.6 Å². The van der Waals surface area contributed by atoms with E-state index in [1.807, 2.05) is 6.07 Å². The Morgan fingerprint density at radius 1 is 1.15 bits per heavy atom. The van der Waals surface area contributed by atoms with Crippen LogP contribution in [0.5, 0.6) is 0 Å². The van der Waals surface area contributed by atoms with Gasteiger partial charge < -0.3 is 19.7 Å². The van der Waals surface area contributed by atoms with Crippen molar-refractivity contribution in [3.63, 3.8) is 0 Å². The number of nitrogens with zero attached hydrogens (tertiary/aromatic N) is 2. The van der Waals surface area contributed by atoms with Crippen molar-refractivity contribution in [3.05, 3.63) is 53.9 Å². The molecule has 7 heteroatoms. The van der Waals surface area contributed by atoms with Crippen LogP contribution < -0.4 is 10.2 Å². The molecule has 1 saturated heterocycles. The van der Waals surface area contributed by atoms with Crippen molar-refractivity contribution in [2.24, 2.45) is 0 Å². The topological polar surface area (TPSA) is 80.8 Å². The van der Waals surface area contributed by atoms with Gasteiger partial charge >= 0.3 is 5.97 Å². The Bertz CT molecular complexity index is 753. The molecule has 0 radical (unpaired) electrons. The first kappa shape index (κ1) is 17.9. The molecule has 0 bridgehead atoms. The van der Waals surface area contributed by atoms with Crippen LogP contribution in [-0.2, 0) is 9.47 Å². The fraction of sp³-hybridized carbons (Fsp3) is 0.316. The molecule has 0 saturated carbocycles. The van der Waals surface area contributed by atoms with E-state index >= 15 is 0 Å². The van der Waals surface area contributed by atoms with Gasteiger partial charge in [-0.2, -0.15) is 0 Å². The van der Waals surface area contributed by atoms with Crippen LogP contribution >= 0.6 is 0 Å². The van der Waals surface area contributed by atoms with E-state index in [-0.39, 0.29) is 11.9 Å². The minimum Gasteiger partial charge on any atom is -0.462 e. The highest BCUT2D eigenvalue weighted by atomic mass is 16.5. The lowest BCUT2D eigenvalue weighted by atomic mass is 10.2. The average molecular weight is 355 g/mol. The number of nitrogens with one attached hydrogen (secondary N) is 1. The number of ether oxygens (including phenoxy) is 2. The van der Waals surface area contributed by atoms with Gasteiger partial charge in [-0.05, 0) is 43.3 Å². The van der Waals surface area contributed by atoms with Crippen molar-refractivity contribution in [1.82, 2.24) is 4.98 Å². The summed E-state index contributed by atoms with van der Waals surface area (Å²) in [5.41, 5.74) is 2.33. The SMILES string of the molecule is CCOC(=O)c1ccc(NC(=O)c2ccc(N3CCOCC3)cn2)cc1. The van der Waals surface area contributed by atoms with Gasteiger partial charge in [-0.1, -0.05) is 0 Å². The van der Waals surface area contributed by atoms with E-state index < -0.39 is 0 Å². The molecule has 136 valence electrons. The van der Waals surface area contributed by atoms with Crippen LogP contribution in [0, 0.1) is 0 Å². The van der Waals surface area contributed by atoms with Crippen LogP contribution in [0.2, 0.25) is 0 Å². The van der Waals surface area contributed by atoms with Crippen LogP contribution in [0.4, 0.5) is 11.4 Å². The summed E-state index contributed by atoms with van der Waals surface area (Å²) >= 11 is 0. The van der Waals surface area contributed by atoms with E-state index in [1.165, 1.54) is 0 Å². The third kappa shape index (κ3) is 4.37. The molecule has 7 nitrogen and oxygen atoms in total. The third-order valence-electron chi connectivity index (χ3n) is 4.01. The molecule has 1 N–H and O–H groups in total. The minimum absolute atomic E-state index is 0.303. The number of esters is 1. The number of morpholine rings is 1. The van der Waals surface area contributed by atoms with E-state index in [1.54, 1.807) is 43.5 Å². The third-order valence-corrected chi connectivity index (χ3v) is 4.01. The van der Waals surface area contributed by atoms with Gasteiger partial charge in [0.25, 0.3) is 5.91 Å². The number of carbonyl (C=O) groups is 2. The number of carbonyl (C=O) groups excluding carboxylic acids is 2. The molecule has 26 heavy (non-hydrogen) atoms. The lowest BCUT2D eigenvalue weighted by Crippen LogP contribution is -2.36. The van der Waals surface area contributed by atoms with Crippen LogP contribution in [-0.4, -0.2) is 49.8 Å². The quantitative estimate of drug-likeness (QED) is 0.829. The second-order valence-corrected chi connectivity index (χ2v) is 5.75. The molecule has 0 atom stereocenters. The van der Waals surface area contributed by atoms with E-state index in [9.17, 15) is 9.59 Å². The molecule has 1 aromatic heterocycles. The highest BCUT2D eigenvalue weighted by Crippen LogP contribution is 2.16. The Morgan fingerprint density at radius 2 is 1.88 bits per heavy atom. The first-order valence-electron chi connectivity index (χ1n) is 8.54. The number of benzene rings is 1. The molecule has 1 aliphatic rings. The molecule has 1 aromatic carbocycles. The second kappa shape index (κ2) is 8.44. The second-order valence-electron chi connectivity index (χ2n) is 5.75. The highest BCUT2D eigenvalue weighted by Gasteiger charge is 2.13. The maximum atomic E-state index is 12.3. The summed E-state index contributed by atoms with van der Waals surface area (Å²) in [6.07, 6.45) is 1.70. The van der Waals surface area contributed by atoms with E-state index in [0.29, 0.717) is 36.8 Å². The summed E-state index contributed by atoms with van der Waals surface area (Å²) in [4.78, 5) is 30.4. The van der Waals surface area contributed by atoms with E-state index in [4.69, 9.17) is 9.47 Å². The van der Waals surface area contributed by atoms with Crippen molar-refractivity contribution in [3.8, 4) is 0 Å². The molecule has 1 amide bonds. The van der Waals surface area contributed by atoms with E-state index in [2.05, 4.69) is 15.2 Å². The highest BCUT2D eigenvalue weighted by molar-refractivity contribution is 6.03. The summed E-state index contributed by atoms with van der Waals surface area (Å²) in [5.74, 6) is -0.687. The lowest BCUT2D eigenvalue weighted by Gasteiger charge is -2.28. The molecule has 0 aliphatic carbocycles. The number of anilines is 2. The van der Waals surface area contributed by atoms with Gasteiger partial charge in [0, 0.05) is 18.8 Å². The van der Waals surface area contributed by atoms with Crippen molar-refractivity contribution in [1.29, 1.82) is 0 Å². The number of amides is 1. The van der Waals surface area contributed by atoms with Gasteiger partial charge in [0.1, 0.15) is 5.69 Å². The molecule has 3 rings (SSSR count). The molecular weight excluding hydrogens is 334 g/mol. The molecule has 1 aliphatic heterocycles. The molecule has 0 spiro atoms. The molecule has 0 unspecified atom stereocenters. The van der Waals surface area contributed by atoms with Crippen LogP contribution in [0.3, 0.4) is 0 Å². The largest absolute Gasteiger partial charge is 0.462 e. The maximum absolute atomic E-state index is 12.3. The zero-order valence-electron chi connectivity index (χ0n) is 14.6.